The van der Waals surface area contributed by atoms with Gasteiger partial charge in [0.1, 0.15) is 0 Å². The fourth-order valence-electron chi connectivity index (χ4n) is 3.11. The average molecular weight is 357 g/mol. The highest BCUT2D eigenvalue weighted by Crippen LogP contribution is 2.38. The van der Waals surface area contributed by atoms with Gasteiger partial charge in [-0.2, -0.15) is 0 Å². The second kappa shape index (κ2) is 6.74. The van der Waals surface area contributed by atoms with E-state index in [-0.39, 0.29) is 50.2 Å². The summed E-state index contributed by atoms with van der Waals surface area (Å²) >= 11 is 1.16. The Morgan fingerprint density at radius 3 is 2.83 bits per heavy atom. The van der Waals surface area contributed by atoms with Crippen molar-refractivity contribution in [2.75, 3.05) is 19.6 Å². The molecule has 1 aliphatic heterocycles. The second-order valence-electron chi connectivity index (χ2n) is 6.77. The highest BCUT2D eigenvalue weighted by Gasteiger charge is 2.44. The highest BCUT2D eigenvalue weighted by atomic mass is 32.1. The molecule has 2 heterocycles. The van der Waals surface area contributed by atoms with E-state index in [1.54, 1.807) is 5.38 Å². The van der Waals surface area contributed by atoms with Crippen LogP contribution in [0.3, 0.4) is 0 Å². The molecular formula is C16H21F2N3O2S. The van der Waals surface area contributed by atoms with Crippen LogP contribution < -0.4 is 5.32 Å². The average Bonchev–Trinajstić information content (AvgIpc) is 3.08. The summed E-state index contributed by atoms with van der Waals surface area (Å²) in [6, 6.07) is 0. The fourth-order valence-corrected chi connectivity index (χ4v) is 3.62. The summed E-state index contributed by atoms with van der Waals surface area (Å²) in [6.45, 7) is 2.24. The topological polar surface area (TPSA) is 62.3 Å². The molecule has 0 bridgehead atoms. The van der Waals surface area contributed by atoms with E-state index in [1.807, 2.05) is 6.92 Å². The Hall–Kier alpha value is -1.57. The van der Waals surface area contributed by atoms with Crippen molar-refractivity contribution in [2.45, 2.75) is 32.1 Å². The van der Waals surface area contributed by atoms with Crippen LogP contribution in [0.2, 0.25) is 0 Å². The minimum Gasteiger partial charge on any atom is -0.355 e. The zero-order valence-electron chi connectivity index (χ0n) is 13.5. The molecule has 1 N–H and O–H groups in total. The maximum atomic E-state index is 14.4. The third-order valence-electron chi connectivity index (χ3n) is 5.00. The van der Waals surface area contributed by atoms with Crippen LogP contribution in [0.15, 0.2) is 11.6 Å². The first-order valence-electron chi connectivity index (χ1n) is 8.22. The van der Waals surface area contributed by atoms with Crippen molar-refractivity contribution in [1.82, 2.24) is 14.6 Å². The molecule has 132 valence electrons. The number of nitrogens with one attached hydrogen (secondary N) is 1. The number of carbonyl (C=O) groups excluding carboxylic acids is 2. The number of rotatable bonds is 4. The molecule has 1 aromatic heterocycles. The number of nitrogens with zero attached hydrogens (tertiary/aromatic N) is 2. The highest BCUT2D eigenvalue weighted by molar-refractivity contribution is 7.03. The van der Waals surface area contributed by atoms with E-state index >= 15 is 0 Å². The molecule has 1 saturated carbocycles. The maximum absolute atomic E-state index is 14.4. The van der Waals surface area contributed by atoms with Crippen molar-refractivity contribution < 1.29 is 18.4 Å². The van der Waals surface area contributed by atoms with Crippen LogP contribution in [0.4, 0.5) is 8.78 Å². The van der Waals surface area contributed by atoms with Crippen molar-refractivity contribution >= 4 is 23.3 Å². The van der Waals surface area contributed by atoms with Gasteiger partial charge in [0.15, 0.2) is 0 Å². The number of halogens is 2. The zero-order valence-corrected chi connectivity index (χ0v) is 14.3. The first-order chi connectivity index (χ1) is 11.4. The molecule has 5 nitrogen and oxygen atoms in total. The van der Waals surface area contributed by atoms with E-state index in [0.717, 1.165) is 18.0 Å². The molecule has 0 spiro atoms. The summed E-state index contributed by atoms with van der Waals surface area (Å²) in [5, 5.41) is 4.29. The Balaban J connectivity index is 1.58. The van der Waals surface area contributed by atoms with Crippen LogP contribution in [0.1, 0.15) is 36.5 Å². The molecule has 1 saturated heterocycles. The molecule has 1 aliphatic carbocycles. The van der Waals surface area contributed by atoms with Gasteiger partial charge in [0.25, 0.3) is 11.8 Å². The third-order valence-corrected chi connectivity index (χ3v) is 5.58. The van der Waals surface area contributed by atoms with E-state index in [9.17, 15) is 18.4 Å². The molecule has 1 unspecified atom stereocenters. The van der Waals surface area contributed by atoms with Crippen molar-refractivity contribution in [3.8, 4) is 0 Å². The molecule has 0 aromatic carbocycles. The van der Waals surface area contributed by atoms with Gasteiger partial charge in [0.2, 0.25) is 5.91 Å². The molecule has 2 fully saturated rings. The Bertz CT molecular complexity index is 608. The molecule has 2 amide bonds. The van der Waals surface area contributed by atoms with Gasteiger partial charge >= 0.3 is 0 Å². The van der Waals surface area contributed by atoms with Gasteiger partial charge in [-0.15, -0.1) is 0 Å². The number of likely N-dealkylation sites (tertiary alicyclic amines) is 1. The van der Waals surface area contributed by atoms with Gasteiger partial charge in [-0.05, 0) is 30.3 Å². The van der Waals surface area contributed by atoms with Gasteiger partial charge in [0.05, 0.1) is 11.8 Å². The zero-order chi connectivity index (χ0) is 17.3. The smallest absolute Gasteiger partial charge is 0.256 e. The number of hydrogen-bond donors (Lipinski definition) is 1. The Morgan fingerprint density at radius 1 is 1.46 bits per heavy atom. The van der Waals surface area contributed by atoms with E-state index < -0.39 is 11.8 Å². The molecule has 24 heavy (non-hydrogen) atoms. The first-order valence-corrected chi connectivity index (χ1v) is 9.06. The number of aromatic nitrogens is 1. The summed E-state index contributed by atoms with van der Waals surface area (Å²) in [5.41, 5.74) is 0.442. The lowest BCUT2D eigenvalue weighted by Gasteiger charge is -2.24. The molecule has 3 atom stereocenters. The maximum Gasteiger partial charge on any atom is 0.256 e. The van der Waals surface area contributed by atoms with Crippen molar-refractivity contribution in [3.63, 3.8) is 0 Å². The number of amides is 2. The predicted molar refractivity (Wildman–Crippen MR) is 86.0 cm³/mol. The van der Waals surface area contributed by atoms with Gasteiger partial charge < -0.3 is 10.2 Å². The normalized spacial score (nSPS) is 29.0. The lowest BCUT2D eigenvalue weighted by Crippen LogP contribution is -2.39. The molecule has 8 heteroatoms. The Morgan fingerprint density at radius 2 is 2.21 bits per heavy atom. The summed E-state index contributed by atoms with van der Waals surface area (Å²) in [4.78, 5) is 25.6. The number of carbonyl (C=O) groups is 2. The lowest BCUT2D eigenvalue weighted by molar-refractivity contribution is -0.123. The van der Waals surface area contributed by atoms with Crippen molar-refractivity contribution in [2.24, 2.45) is 17.8 Å². The minimum atomic E-state index is -2.88. The predicted octanol–water partition coefficient (Wildman–Crippen LogP) is 2.40. The van der Waals surface area contributed by atoms with Crippen LogP contribution in [0.25, 0.3) is 0 Å². The van der Waals surface area contributed by atoms with Crippen LogP contribution in [-0.4, -0.2) is 46.6 Å². The Labute approximate surface area is 143 Å². The Kier molecular flexibility index (Phi) is 4.85. The summed E-state index contributed by atoms with van der Waals surface area (Å²) in [6.07, 6.45) is 2.10. The fraction of sp³-hybridized carbons (Fsp3) is 0.688. The van der Waals surface area contributed by atoms with Gasteiger partial charge in [-0.1, -0.05) is 6.92 Å². The van der Waals surface area contributed by atoms with Crippen molar-refractivity contribution in [1.29, 1.82) is 0 Å². The monoisotopic (exact) mass is 357 g/mol. The van der Waals surface area contributed by atoms with Gasteiger partial charge in [-0.3, -0.25) is 9.59 Å². The molecule has 1 aromatic rings. The van der Waals surface area contributed by atoms with Gasteiger partial charge in [-0.25, -0.2) is 13.2 Å². The summed E-state index contributed by atoms with van der Waals surface area (Å²) in [5.74, 6) is -3.87. The lowest BCUT2D eigenvalue weighted by atomic mass is 9.96. The first kappa shape index (κ1) is 17.3. The standard InChI is InChI=1S/C16H21F2N3O2S/c1-10-6-13(10)14(22)19-8-12-2-4-21(5-3-16(12,17)18)15(23)11-7-20-24-9-11/h7,9-10,12-13H,2-6,8H2,1H3,(H,19,22)/t10-,12?,13-/m1/s1. The van der Waals surface area contributed by atoms with E-state index in [0.29, 0.717) is 11.5 Å². The summed E-state index contributed by atoms with van der Waals surface area (Å²) < 4.78 is 32.6. The second-order valence-corrected chi connectivity index (χ2v) is 7.42. The van der Waals surface area contributed by atoms with Crippen LogP contribution in [0.5, 0.6) is 0 Å². The molecule has 2 aliphatic rings. The minimum absolute atomic E-state index is 0.0196. The van der Waals surface area contributed by atoms with Crippen LogP contribution in [0, 0.1) is 17.8 Å². The van der Waals surface area contributed by atoms with Crippen LogP contribution >= 0.6 is 11.5 Å². The quantitative estimate of drug-likeness (QED) is 0.900. The van der Waals surface area contributed by atoms with E-state index in [2.05, 4.69) is 9.69 Å². The van der Waals surface area contributed by atoms with E-state index in [1.165, 1.54) is 11.1 Å². The van der Waals surface area contributed by atoms with Crippen LogP contribution in [-0.2, 0) is 4.79 Å². The van der Waals surface area contributed by atoms with Gasteiger partial charge in [0, 0.05) is 43.3 Å². The van der Waals surface area contributed by atoms with Crippen molar-refractivity contribution in [3.05, 3.63) is 17.1 Å². The molecule has 3 rings (SSSR count). The largest absolute Gasteiger partial charge is 0.355 e. The number of hydrogen-bond acceptors (Lipinski definition) is 4. The van der Waals surface area contributed by atoms with E-state index in [4.69, 9.17) is 0 Å². The molecule has 0 radical (unpaired) electrons. The summed E-state index contributed by atoms with van der Waals surface area (Å²) in [7, 11) is 0. The SMILES string of the molecule is C[C@@H]1C[C@H]1C(=O)NCC1CCN(C(=O)c2cnsc2)CCC1(F)F. The third kappa shape index (κ3) is 3.74. The number of alkyl halides is 2. The molecular weight excluding hydrogens is 336 g/mol.